The third kappa shape index (κ3) is 2.68. The van der Waals surface area contributed by atoms with E-state index in [9.17, 15) is 4.79 Å². The van der Waals surface area contributed by atoms with Gasteiger partial charge in [-0.25, -0.2) is 4.98 Å². The van der Waals surface area contributed by atoms with Crippen molar-refractivity contribution in [1.29, 1.82) is 0 Å². The van der Waals surface area contributed by atoms with Crippen molar-refractivity contribution in [3.05, 3.63) is 23.0 Å². The molecule has 0 spiro atoms. The number of hydrogen-bond acceptors (Lipinski definition) is 3. The van der Waals surface area contributed by atoms with Gasteiger partial charge in [-0.05, 0) is 37.1 Å². The lowest BCUT2D eigenvalue weighted by Crippen LogP contribution is -2.23. The Kier molecular flexibility index (Phi) is 3.71. The normalized spacial score (nSPS) is 19.8. The first-order valence-corrected chi connectivity index (χ1v) is 6.64. The van der Waals surface area contributed by atoms with Crippen molar-refractivity contribution >= 4 is 35.0 Å². The Balaban J connectivity index is 2.07. The van der Waals surface area contributed by atoms with Crippen LogP contribution < -0.4 is 5.32 Å². The van der Waals surface area contributed by atoms with Crippen molar-refractivity contribution in [2.75, 3.05) is 11.1 Å². The molecular formula is C11H13ClN2OS. The topological polar surface area (TPSA) is 42.0 Å². The minimum Gasteiger partial charge on any atom is -0.322 e. The molecule has 1 atom stereocenters. The van der Waals surface area contributed by atoms with Crippen molar-refractivity contribution in [1.82, 2.24) is 4.98 Å². The summed E-state index contributed by atoms with van der Waals surface area (Å²) in [5.41, 5.74) is 1.60. The molecule has 86 valence electrons. The second kappa shape index (κ2) is 5.06. The molecule has 2 heterocycles. The van der Waals surface area contributed by atoms with Crippen LogP contribution in [0, 0.1) is 6.92 Å². The average molecular weight is 257 g/mol. The summed E-state index contributed by atoms with van der Waals surface area (Å²) in [5, 5.41) is 3.25. The largest absolute Gasteiger partial charge is 0.322 e. The van der Waals surface area contributed by atoms with E-state index in [4.69, 9.17) is 11.6 Å². The summed E-state index contributed by atoms with van der Waals surface area (Å²) in [5.74, 6) is 1.11. The minimum absolute atomic E-state index is 0.0387. The standard InChI is InChI=1S/C11H13ClN2OS/c1-7-5-8(10(12)13-6-7)14-11(15)9-3-2-4-16-9/h5-6,9H,2-4H2,1H3,(H,14,15). The Morgan fingerprint density at radius 2 is 2.50 bits per heavy atom. The SMILES string of the molecule is Cc1cnc(Cl)c(NC(=O)C2CCCS2)c1. The molecule has 1 saturated heterocycles. The van der Waals surface area contributed by atoms with E-state index in [0.29, 0.717) is 10.8 Å². The predicted octanol–water partition coefficient (Wildman–Crippen LogP) is 2.88. The number of nitrogens with zero attached hydrogens (tertiary/aromatic N) is 1. The minimum atomic E-state index is 0.0387. The number of aromatic nitrogens is 1. The highest BCUT2D eigenvalue weighted by atomic mass is 35.5. The number of halogens is 1. The quantitative estimate of drug-likeness (QED) is 0.828. The molecule has 5 heteroatoms. The first-order chi connectivity index (χ1) is 7.66. The van der Waals surface area contributed by atoms with Crippen LogP contribution in [0.15, 0.2) is 12.3 Å². The zero-order valence-electron chi connectivity index (χ0n) is 9.00. The summed E-state index contributed by atoms with van der Waals surface area (Å²) in [6, 6.07) is 1.84. The van der Waals surface area contributed by atoms with Crippen molar-refractivity contribution in [3.63, 3.8) is 0 Å². The first-order valence-electron chi connectivity index (χ1n) is 5.21. The van der Waals surface area contributed by atoms with Crippen LogP contribution >= 0.6 is 23.4 Å². The van der Waals surface area contributed by atoms with Gasteiger partial charge in [0.25, 0.3) is 0 Å². The van der Waals surface area contributed by atoms with E-state index >= 15 is 0 Å². The zero-order valence-corrected chi connectivity index (χ0v) is 10.6. The van der Waals surface area contributed by atoms with Crippen LogP contribution in [0.2, 0.25) is 5.15 Å². The fourth-order valence-corrected chi connectivity index (χ4v) is 2.95. The van der Waals surface area contributed by atoms with Gasteiger partial charge >= 0.3 is 0 Å². The fourth-order valence-electron chi connectivity index (χ4n) is 1.64. The molecular weight excluding hydrogens is 244 g/mol. The van der Waals surface area contributed by atoms with Gasteiger partial charge in [-0.15, -0.1) is 11.8 Å². The lowest BCUT2D eigenvalue weighted by atomic mass is 10.2. The highest BCUT2D eigenvalue weighted by molar-refractivity contribution is 8.00. The third-order valence-electron chi connectivity index (χ3n) is 2.46. The van der Waals surface area contributed by atoms with Crippen LogP contribution in [0.4, 0.5) is 5.69 Å². The van der Waals surface area contributed by atoms with Gasteiger partial charge in [-0.2, -0.15) is 0 Å². The smallest absolute Gasteiger partial charge is 0.237 e. The van der Waals surface area contributed by atoms with E-state index < -0.39 is 0 Å². The summed E-state index contributed by atoms with van der Waals surface area (Å²) in [6.07, 6.45) is 3.75. The predicted molar refractivity (Wildman–Crippen MR) is 68.1 cm³/mol. The average Bonchev–Trinajstić information content (AvgIpc) is 2.76. The second-order valence-electron chi connectivity index (χ2n) is 3.84. The lowest BCUT2D eigenvalue weighted by Gasteiger charge is -2.11. The highest BCUT2D eigenvalue weighted by Gasteiger charge is 2.23. The maximum absolute atomic E-state index is 11.9. The maximum atomic E-state index is 11.9. The number of hydrogen-bond donors (Lipinski definition) is 1. The van der Waals surface area contributed by atoms with Gasteiger partial charge in [-0.3, -0.25) is 4.79 Å². The van der Waals surface area contributed by atoms with Crippen molar-refractivity contribution in [2.45, 2.75) is 25.0 Å². The number of anilines is 1. The molecule has 0 aliphatic carbocycles. The molecule has 1 aliphatic rings. The third-order valence-corrected chi connectivity index (χ3v) is 4.13. The Hall–Kier alpha value is -0.740. The zero-order chi connectivity index (χ0) is 11.5. The molecule has 0 radical (unpaired) electrons. The highest BCUT2D eigenvalue weighted by Crippen LogP contribution is 2.28. The summed E-state index contributed by atoms with van der Waals surface area (Å²) in [7, 11) is 0. The summed E-state index contributed by atoms with van der Waals surface area (Å²) in [6.45, 7) is 1.92. The van der Waals surface area contributed by atoms with Crippen LogP contribution in [0.3, 0.4) is 0 Å². The molecule has 2 rings (SSSR count). The van der Waals surface area contributed by atoms with E-state index in [0.717, 1.165) is 24.2 Å². The number of nitrogens with one attached hydrogen (secondary N) is 1. The number of rotatable bonds is 2. The van der Waals surface area contributed by atoms with Gasteiger partial charge in [0.05, 0.1) is 10.9 Å². The number of pyridine rings is 1. The van der Waals surface area contributed by atoms with Crippen LogP contribution in [-0.4, -0.2) is 21.9 Å². The number of thioether (sulfide) groups is 1. The molecule has 3 nitrogen and oxygen atoms in total. The molecule has 16 heavy (non-hydrogen) atoms. The number of amides is 1. The van der Waals surface area contributed by atoms with Gasteiger partial charge in [0.2, 0.25) is 5.91 Å². The molecule has 1 amide bonds. The van der Waals surface area contributed by atoms with E-state index in [1.54, 1.807) is 18.0 Å². The van der Waals surface area contributed by atoms with E-state index in [1.807, 2.05) is 13.0 Å². The molecule has 1 N–H and O–H groups in total. The van der Waals surface area contributed by atoms with Crippen LogP contribution in [-0.2, 0) is 4.79 Å². The van der Waals surface area contributed by atoms with Gasteiger partial charge in [0.1, 0.15) is 0 Å². The molecule has 1 fully saturated rings. The molecule has 1 unspecified atom stereocenters. The number of carbonyl (C=O) groups excluding carboxylic acids is 1. The van der Waals surface area contributed by atoms with E-state index in [1.165, 1.54) is 0 Å². The van der Waals surface area contributed by atoms with Gasteiger partial charge in [0, 0.05) is 6.20 Å². The van der Waals surface area contributed by atoms with Gasteiger partial charge in [-0.1, -0.05) is 11.6 Å². The Morgan fingerprint density at radius 1 is 1.69 bits per heavy atom. The Morgan fingerprint density at radius 3 is 3.19 bits per heavy atom. The van der Waals surface area contributed by atoms with Crippen molar-refractivity contribution in [3.8, 4) is 0 Å². The molecule has 1 aromatic rings. The first kappa shape index (κ1) is 11.7. The van der Waals surface area contributed by atoms with Gasteiger partial charge in [0.15, 0.2) is 5.15 Å². The monoisotopic (exact) mass is 256 g/mol. The molecule has 1 aromatic heterocycles. The van der Waals surface area contributed by atoms with E-state index in [-0.39, 0.29) is 11.2 Å². The number of aryl methyl sites for hydroxylation is 1. The maximum Gasteiger partial charge on any atom is 0.237 e. The van der Waals surface area contributed by atoms with Crippen molar-refractivity contribution in [2.24, 2.45) is 0 Å². The molecule has 0 bridgehead atoms. The van der Waals surface area contributed by atoms with E-state index in [2.05, 4.69) is 10.3 Å². The molecule has 0 saturated carbocycles. The summed E-state index contributed by atoms with van der Waals surface area (Å²) < 4.78 is 0. The summed E-state index contributed by atoms with van der Waals surface area (Å²) >= 11 is 7.62. The van der Waals surface area contributed by atoms with Crippen LogP contribution in [0.1, 0.15) is 18.4 Å². The summed E-state index contributed by atoms with van der Waals surface area (Å²) in [4.78, 5) is 15.9. The van der Waals surface area contributed by atoms with Crippen LogP contribution in [0.5, 0.6) is 0 Å². The van der Waals surface area contributed by atoms with Crippen LogP contribution in [0.25, 0.3) is 0 Å². The fraction of sp³-hybridized carbons (Fsp3) is 0.455. The number of carbonyl (C=O) groups is 1. The molecule has 0 aromatic carbocycles. The Bertz CT molecular complexity index is 405. The van der Waals surface area contributed by atoms with Gasteiger partial charge < -0.3 is 5.32 Å². The van der Waals surface area contributed by atoms with Crippen molar-refractivity contribution < 1.29 is 4.79 Å². The Labute approximate surface area is 104 Å². The second-order valence-corrected chi connectivity index (χ2v) is 5.51. The molecule has 1 aliphatic heterocycles. The lowest BCUT2D eigenvalue weighted by molar-refractivity contribution is -0.115.